The first-order valence-electron chi connectivity index (χ1n) is 7.30. The fourth-order valence-corrected chi connectivity index (χ4v) is 3.71. The van der Waals surface area contributed by atoms with E-state index in [9.17, 15) is 4.79 Å². The van der Waals surface area contributed by atoms with Crippen molar-refractivity contribution in [3.8, 4) is 0 Å². The van der Waals surface area contributed by atoms with Crippen molar-refractivity contribution in [2.24, 2.45) is 0 Å². The molecule has 0 spiro atoms. The highest BCUT2D eigenvalue weighted by molar-refractivity contribution is 14.1. The number of hydrogen-bond donors (Lipinski definition) is 0. The van der Waals surface area contributed by atoms with Gasteiger partial charge >= 0.3 is 0 Å². The fourth-order valence-electron chi connectivity index (χ4n) is 2.77. The second kappa shape index (κ2) is 6.91. The molecule has 2 aromatic rings. The molecule has 1 aromatic carbocycles. The number of likely N-dealkylation sites (tertiary alicyclic amines) is 1. The number of carbonyl (C=O) groups is 1. The van der Waals surface area contributed by atoms with Crippen LogP contribution >= 0.6 is 33.9 Å². The van der Waals surface area contributed by atoms with E-state index in [0.29, 0.717) is 0 Å². The number of halogens is 1. The molecule has 1 amide bonds. The fraction of sp³-hybridized carbons (Fsp3) is 0.294. The molecular weight excluding hydrogens is 407 g/mol. The predicted molar refractivity (Wildman–Crippen MR) is 98.7 cm³/mol. The van der Waals surface area contributed by atoms with E-state index >= 15 is 0 Å². The Morgan fingerprint density at radius 2 is 2.18 bits per heavy atom. The van der Waals surface area contributed by atoms with Crippen molar-refractivity contribution >= 4 is 45.9 Å². The second-order valence-corrected chi connectivity index (χ2v) is 7.67. The van der Waals surface area contributed by atoms with Crippen molar-refractivity contribution in [1.29, 1.82) is 0 Å². The summed E-state index contributed by atoms with van der Waals surface area (Å²) >= 11 is 3.90. The number of amides is 1. The van der Waals surface area contributed by atoms with Gasteiger partial charge in [0.05, 0.1) is 16.7 Å². The second-order valence-electron chi connectivity index (χ2n) is 5.37. The number of aromatic nitrogens is 1. The first-order valence-corrected chi connectivity index (χ1v) is 9.25. The Morgan fingerprint density at radius 1 is 1.41 bits per heavy atom. The minimum atomic E-state index is 0.0757. The molecular formula is C17H17IN2OS. The molecule has 2 heterocycles. The Morgan fingerprint density at radius 3 is 2.86 bits per heavy atom. The Kier molecular flexibility index (Phi) is 4.93. The van der Waals surface area contributed by atoms with Crippen LogP contribution in [-0.2, 0) is 4.79 Å². The molecule has 1 unspecified atom stereocenters. The monoisotopic (exact) mass is 424 g/mol. The minimum Gasteiger partial charge on any atom is -0.332 e. The third-order valence-electron chi connectivity index (χ3n) is 3.82. The molecule has 3 rings (SSSR count). The summed E-state index contributed by atoms with van der Waals surface area (Å²) in [6.07, 6.45) is 5.57. The van der Waals surface area contributed by atoms with Gasteiger partial charge in [-0.1, -0.05) is 12.1 Å². The van der Waals surface area contributed by atoms with Crippen LogP contribution in [0.4, 0.5) is 0 Å². The van der Waals surface area contributed by atoms with E-state index in [0.717, 1.165) is 30.1 Å². The first-order chi connectivity index (χ1) is 10.6. The van der Waals surface area contributed by atoms with Crippen molar-refractivity contribution < 1.29 is 4.79 Å². The van der Waals surface area contributed by atoms with Gasteiger partial charge in [-0.2, -0.15) is 0 Å². The zero-order valence-electron chi connectivity index (χ0n) is 12.3. The van der Waals surface area contributed by atoms with Crippen LogP contribution in [0.15, 0.2) is 35.7 Å². The average Bonchev–Trinajstić information content (AvgIpc) is 3.14. The summed E-state index contributed by atoms with van der Waals surface area (Å²) < 4.78 is 1.22. The summed E-state index contributed by atoms with van der Waals surface area (Å²) in [5, 5.41) is 2.99. The van der Waals surface area contributed by atoms with Crippen molar-refractivity contribution in [3.05, 3.63) is 55.6 Å². The highest BCUT2D eigenvalue weighted by Gasteiger charge is 2.28. The molecule has 1 aliphatic heterocycles. The predicted octanol–water partition coefficient (Wildman–Crippen LogP) is 4.43. The number of benzene rings is 1. The summed E-state index contributed by atoms with van der Waals surface area (Å²) in [6.45, 7) is 2.80. The molecule has 3 nitrogen and oxygen atoms in total. The Balaban J connectivity index is 1.73. The molecule has 1 atom stereocenters. The zero-order chi connectivity index (χ0) is 15.5. The van der Waals surface area contributed by atoms with Crippen molar-refractivity contribution in [1.82, 2.24) is 9.88 Å². The van der Waals surface area contributed by atoms with Crippen LogP contribution in [0.25, 0.3) is 6.08 Å². The van der Waals surface area contributed by atoms with Crippen LogP contribution in [0, 0.1) is 10.5 Å². The zero-order valence-corrected chi connectivity index (χ0v) is 15.3. The number of rotatable bonds is 3. The van der Waals surface area contributed by atoms with Gasteiger partial charge in [0.2, 0.25) is 5.91 Å². The molecule has 1 fully saturated rings. The number of hydrogen-bond acceptors (Lipinski definition) is 3. The van der Waals surface area contributed by atoms with Gasteiger partial charge in [-0.05, 0) is 66.1 Å². The average molecular weight is 424 g/mol. The smallest absolute Gasteiger partial charge is 0.247 e. The van der Waals surface area contributed by atoms with Gasteiger partial charge in [0.25, 0.3) is 0 Å². The molecule has 1 aliphatic rings. The van der Waals surface area contributed by atoms with E-state index in [2.05, 4.69) is 51.8 Å². The maximum Gasteiger partial charge on any atom is 0.247 e. The largest absolute Gasteiger partial charge is 0.332 e. The molecule has 0 N–H and O–H groups in total. The first kappa shape index (κ1) is 15.7. The molecule has 114 valence electrons. The van der Waals surface area contributed by atoms with E-state index in [-0.39, 0.29) is 11.9 Å². The van der Waals surface area contributed by atoms with Gasteiger partial charge in [-0.15, -0.1) is 11.3 Å². The van der Waals surface area contributed by atoms with Crippen LogP contribution in [0.5, 0.6) is 0 Å². The summed E-state index contributed by atoms with van der Waals surface area (Å²) in [6, 6.07) is 8.67. The number of carbonyl (C=O) groups excluding carboxylic acids is 1. The minimum absolute atomic E-state index is 0.0757. The van der Waals surface area contributed by atoms with Gasteiger partial charge in [0.15, 0.2) is 0 Å². The summed E-state index contributed by atoms with van der Waals surface area (Å²) in [4.78, 5) is 18.8. The standard InChI is InChI=1S/C17H17IN2OS/c1-12-19-15(11-22-12)8-9-17(21)20-10-2-3-16(20)13-4-6-14(18)7-5-13/h4-9,11,16H,2-3,10H2,1H3. The van der Waals surface area contributed by atoms with Crippen molar-refractivity contribution in [2.75, 3.05) is 6.54 Å². The maximum atomic E-state index is 12.5. The van der Waals surface area contributed by atoms with Crippen LogP contribution in [-0.4, -0.2) is 22.3 Å². The summed E-state index contributed by atoms with van der Waals surface area (Å²) in [5.41, 5.74) is 2.09. The van der Waals surface area contributed by atoms with E-state index < -0.39 is 0 Å². The lowest BCUT2D eigenvalue weighted by atomic mass is 10.0. The van der Waals surface area contributed by atoms with E-state index in [1.165, 1.54) is 9.13 Å². The normalized spacial score (nSPS) is 18.3. The Bertz CT molecular complexity index is 693. The summed E-state index contributed by atoms with van der Waals surface area (Å²) in [7, 11) is 0. The van der Waals surface area contributed by atoms with Crippen LogP contribution in [0.2, 0.25) is 0 Å². The third kappa shape index (κ3) is 3.57. The lowest BCUT2D eigenvalue weighted by Gasteiger charge is -2.23. The molecule has 22 heavy (non-hydrogen) atoms. The van der Waals surface area contributed by atoms with Gasteiger partial charge in [0, 0.05) is 21.6 Å². The lowest BCUT2D eigenvalue weighted by molar-refractivity contribution is -0.126. The number of nitrogens with zero attached hydrogens (tertiary/aromatic N) is 2. The maximum absolute atomic E-state index is 12.5. The Hall–Kier alpha value is -1.21. The molecule has 1 saturated heterocycles. The lowest BCUT2D eigenvalue weighted by Crippen LogP contribution is -2.28. The molecule has 1 aromatic heterocycles. The Labute approximate surface area is 148 Å². The van der Waals surface area contributed by atoms with Gasteiger partial charge in [-0.25, -0.2) is 4.98 Å². The molecule has 0 bridgehead atoms. The molecule has 0 saturated carbocycles. The van der Waals surface area contributed by atoms with E-state index in [1.807, 2.05) is 23.3 Å². The quantitative estimate of drug-likeness (QED) is 0.540. The third-order valence-corrected chi connectivity index (χ3v) is 5.34. The SMILES string of the molecule is Cc1nc(C=CC(=O)N2CCCC2c2ccc(I)cc2)cs1. The van der Waals surface area contributed by atoms with Crippen LogP contribution in [0.1, 0.15) is 35.1 Å². The molecule has 0 aliphatic carbocycles. The highest BCUT2D eigenvalue weighted by Crippen LogP contribution is 2.32. The molecule has 5 heteroatoms. The van der Waals surface area contributed by atoms with Crippen molar-refractivity contribution in [3.63, 3.8) is 0 Å². The van der Waals surface area contributed by atoms with Gasteiger partial charge in [0.1, 0.15) is 0 Å². The molecule has 0 radical (unpaired) electrons. The van der Waals surface area contributed by atoms with Gasteiger partial charge < -0.3 is 4.90 Å². The van der Waals surface area contributed by atoms with E-state index in [1.54, 1.807) is 17.4 Å². The summed E-state index contributed by atoms with van der Waals surface area (Å²) in [5.74, 6) is 0.0757. The number of aryl methyl sites for hydroxylation is 1. The van der Waals surface area contributed by atoms with Crippen LogP contribution < -0.4 is 0 Å². The van der Waals surface area contributed by atoms with Crippen molar-refractivity contribution in [2.45, 2.75) is 25.8 Å². The van der Waals surface area contributed by atoms with Gasteiger partial charge in [-0.3, -0.25) is 4.79 Å². The number of thiazole rings is 1. The van der Waals surface area contributed by atoms with E-state index in [4.69, 9.17) is 0 Å². The van der Waals surface area contributed by atoms with Crippen LogP contribution in [0.3, 0.4) is 0 Å². The highest BCUT2D eigenvalue weighted by atomic mass is 127. The topological polar surface area (TPSA) is 33.2 Å².